The van der Waals surface area contributed by atoms with Crippen molar-refractivity contribution in [2.24, 2.45) is 11.7 Å². The zero-order valence-corrected chi connectivity index (χ0v) is 12.5. The zero-order valence-electron chi connectivity index (χ0n) is 11.7. The third kappa shape index (κ3) is 3.58. The molecule has 1 aliphatic rings. The molecule has 1 saturated carbocycles. The standard InChI is InChI=1S/C14H22N2O3S/c1-16(9-11-6-14(17)7-11)20(18,19)10-13-5-3-2-4-12(13)8-15/h2-5,11,14,17H,6-10,15H2,1H3. The maximum absolute atomic E-state index is 12.3. The van der Waals surface area contributed by atoms with Gasteiger partial charge in [-0.15, -0.1) is 0 Å². The van der Waals surface area contributed by atoms with E-state index in [4.69, 9.17) is 5.73 Å². The second kappa shape index (κ2) is 6.22. The SMILES string of the molecule is CN(CC1CC(O)C1)S(=O)(=O)Cc1ccccc1CN. The number of benzene rings is 1. The first kappa shape index (κ1) is 15.4. The van der Waals surface area contributed by atoms with Crippen molar-refractivity contribution in [2.75, 3.05) is 13.6 Å². The van der Waals surface area contributed by atoms with Crippen molar-refractivity contribution in [2.45, 2.75) is 31.2 Å². The Kier molecular flexibility index (Phi) is 4.80. The summed E-state index contributed by atoms with van der Waals surface area (Å²) in [6.45, 7) is 0.814. The fourth-order valence-electron chi connectivity index (χ4n) is 2.53. The van der Waals surface area contributed by atoms with Gasteiger partial charge in [-0.2, -0.15) is 0 Å². The summed E-state index contributed by atoms with van der Waals surface area (Å²) in [5.41, 5.74) is 7.26. The number of aliphatic hydroxyl groups is 1. The number of hydrogen-bond donors (Lipinski definition) is 2. The van der Waals surface area contributed by atoms with Crippen LogP contribution < -0.4 is 5.73 Å². The lowest BCUT2D eigenvalue weighted by molar-refractivity contribution is 0.0367. The van der Waals surface area contributed by atoms with Gasteiger partial charge in [0, 0.05) is 20.1 Å². The molecule has 20 heavy (non-hydrogen) atoms. The minimum absolute atomic E-state index is 0.0217. The van der Waals surface area contributed by atoms with Gasteiger partial charge in [0.05, 0.1) is 11.9 Å². The van der Waals surface area contributed by atoms with E-state index < -0.39 is 10.0 Å². The Morgan fingerprint density at radius 1 is 1.30 bits per heavy atom. The molecule has 5 nitrogen and oxygen atoms in total. The molecular weight excluding hydrogens is 276 g/mol. The topological polar surface area (TPSA) is 83.6 Å². The number of nitrogens with zero attached hydrogens (tertiary/aromatic N) is 1. The van der Waals surface area contributed by atoms with Crippen molar-refractivity contribution in [3.8, 4) is 0 Å². The Morgan fingerprint density at radius 3 is 2.45 bits per heavy atom. The van der Waals surface area contributed by atoms with Crippen LogP contribution in [0.15, 0.2) is 24.3 Å². The number of nitrogens with two attached hydrogens (primary N) is 1. The van der Waals surface area contributed by atoms with Crippen LogP contribution >= 0.6 is 0 Å². The van der Waals surface area contributed by atoms with Crippen LogP contribution in [0, 0.1) is 5.92 Å². The summed E-state index contributed by atoms with van der Waals surface area (Å²) in [6, 6.07) is 7.35. The van der Waals surface area contributed by atoms with E-state index in [0.29, 0.717) is 25.9 Å². The van der Waals surface area contributed by atoms with Crippen LogP contribution in [-0.2, 0) is 22.3 Å². The zero-order chi connectivity index (χ0) is 14.8. The predicted octanol–water partition coefficient (Wildman–Crippen LogP) is 0.678. The first-order valence-corrected chi connectivity index (χ1v) is 8.42. The second-order valence-electron chi connectivity index (χ2n) is 5.50. The van der Waals surface area contributed by atoms with Crippen molar-refractivity contribution in [3.63, 3.8) is 0 Å². The molecule has 3 N–H and O–H groups in total. The fraction of sp³-hybridized carbons (Fsp3) is 0.571. The molecule has 0 unspecified atom stereocenters. The van der Waals surface area contributed by atoms with E-state index >= 15 is 0 Å². The molecule has 0 spiro atoms. The van der Waals surface area contributed by atoms with Crippen molar-refractivity contribution < 1.29 is 13.5 Å². The molecular formula is C14H22N2O3S. The van der Waals surface area contributed by atoms with Gasteiger partial charge in [0.25, 0.3) is 0 Å². The Labute approximate surface area is 120 Å². The molecule has 0 heterocycles. The molecule has 0 aromatic heterocycles. The molecule has 6 heteroatoms. The summed E-state index contributed by atoms with van der Waals surface area (Å²) >= 11 is 0. The van der Waals surface area contributed by atoms with Crippen molar-refractivity contribution in [1.29, 1.82) is 0 Å². The molecule has 1 aromatic carbocycles. The summed E-state index contributed by atoms with van der Waals surface area (Å²) in [7, 11) is -1.74. The van der Waals surface area contributed by atoms with Gasteiger partial charge in [0.15, 0.2) is 0 Å². The fourth-order valence-corrected chi connectivity index (χ4v) is 3.86. The number of hydrogen-bond acceptors (Lipinski definition) is 4. The van der Waals surface area contributed by atoms with Crippen molar-refractivity contribution in [1.82, 2.24) is 4.31 Å². The highest BCUT2D eigenvalue weighted by molar-refractivity contribution is 7.88. The lowest BCUT2D eigenvalue weighted by Crippen LogP contribution is -2.40. The van der Waals surface area contributed by atoms with Crippen LogP contribution in [0.25, 0.3) is 0 Å². The third-order valence-corrected chi connectivity index (χ3v) is 5.65. The van der Waals surface area contributed by atoms with E-state index in [0.717, 1.165) is 11.1 Å². The molecule has 1 aromatic rings. The van der Waals surface area contributed by atoms with Crippen LogP contribution in [0.5, 0.6) is 0 Å². The van der Waals surface area contributed by atoms with E-state index in [1.165, 1.54) is 4.31 Å². The third-order valence-electron chi connectivity index (χ3n) is 3.88. The summed E-state index contributed by atoms with van der Waals surface area (Å²) in [6.07, 6.45) is 1.13. The predicted molar refractivity (Wildman–Crippen MR) is 78.3 cm³/mol. The van der Waals surface area contributed by atoms with E-state index in [1.54, 1.807) is 13.1 Å². The monoisotopic (exact) mass is 298 g/mol. The number of aliphatic hydroxyl groups excluding tert-OH is 1. The van der Waals surface area contributed by atoms with Gasteiger partial charge >= 0.3 is 0 Å². The first-order chi connectivity index (χ1) is 9.42. The van der Waals surface area contributed by atoms with Crippen LogP contribution in [0.2, 0.25) is 0 Å². The molecule has 0 atom stereocenters. The smallest absolute Gasteiger partial charge is 0.218 e. The quantitative estimate of drug-likeness (QED) is 0.809. The normalized spacial score (nSPS) is 22.8. The largest absolute Gasteiger partial charge is 0.393 e. The lowest BCUT2D eigenvalue weighted by atomic mass is 9.82. The van der Waals surface area contributed by atoms with Crippen LogP contribution in [0.3, 0.4) is 0 Å². The van der Waals surface area contributed by atoms with Crippen LogP contribution in [-0.4, -0.2) is 37.5 Å². The van der Waals surface area contributed by atoms with Crippen LogP contribution in [0.4, 0.5) is 0 Å². The number of rotatable bonds is 6. The van der Waals surface area contributed by atoms with Crippen LogP contribution in [0.1, 0.15) is 24.0 Å². The average Bonchev–Trinajstić information content (AvgIpc) is 2.37. The van der Waals surface area contributed by atoms with Gasteiger partial charge < -0.3 is 10.8 Å². The Bertz CT molecular complexity index is 553. The second-order valence-corrected chi connectivity index (χ2v) is 7.58. The van der Waals surface area contributed by atoms with E-state index in [9.17, 15) is 13.5 Å². The maximum atomic E-state index is 12.3. The highest BCUT2D eigenvalue weighted by Gasteiger charge is 2.31. The summed E-state index contributed by atoms with van der Waals surface area (Å²) in [4.78, 5) is 0. The molecule has 0 saturated heterocycles. The molecule has 112 valence electrons. The molecule has 0 radical (unpaired) electrons. The van der Waals surface area contributed by atoms with E-state index in [1.807, 2.05) is 18.2 Å². The first-order valence-electron chi connectivity index (χ1n) is 6.81. The molecule has 1 aliphatic carbocycles. The molecule has 1 fully saturated rings. The summed E-state index contributed by atoms with van der Waals surface area (Å²) in [5.74, 6) is 0.251. The Hall–Kier alpha value is -0.950. The molecule has 0 amide bonds. The Morgan fingerprint density at radius 2 is 1.90 bits per heavy atom. The van der Waals surface area contributed by atoms with E-state index in [2.05, 4.69) is 0 Å². The van der Waals surface area contributed by atoms with Gasteiger partial charge in [0.1, 0.15) is 0 Å². The van der Waals surface area contributed by atoms with Gasteiger partial charge in [-0.05, 0) is 29.9 Å². The molecule has 0 bridgehead atoms. The van der Waals surface area contributed by atoms with Crippen molar-refractivity contribution in [3.05, 3.63) is 35.4 Å². The Balaban J connectivity index is 2.02. The van der Waals surface area contributed by atoms with Gasteiger partial charge in [0.2, 0.25) is 10.0 Å². The lowest BCUT2D eigenvalue weighted by Gasteiger charge is -2.34. The summed E-state index contributed by atoms with van der Waals surface area (Å²) in [5, 5.41) is 9.26. The van der Waals surface area contributed by atoms with E-state index in [-0.39, 0.29) is 17.8 Å². The highest BCUT2D eigenvalue weighted by Crippen LogP contribution is 2.28. The van der Waals surface area contributed by atoms with Gasteiger partial charge in [-0.25, -0.2) is 12.7 Å². The minimum atomic E-state index is -3.34. The van der Waals surface area contributed by atoms with Crippen molar-refractivity contribution >= 4 is 10.0 Å². The summed E-state index contributed by atoms with van der Waals surface area (Å²) < 4.78 is 26.1. The maximum Gasteiger partial charge on any atom is 0.218 e. The van der Waals surface area contributed by atoms with Gasteiger partial charge in [-0.1, -0.05) is 24.3 Å². The average molecular weight is 298 g/mol. The minimum Gasteiger partial charge on any atom is -0.393 e. The molecule has 2 rings (SSSR count). The highest BCUT2D eigenvalue weighted by atomic mass is 32.2. The molecule has 0 aliphatic heterocycles. The number of sulfonamides is 1. The van der Waals surface area contributed by atoms with Gasteiger partial charge in [-0.3, -0.25) is 0 Å².